The summed E-state index contributed by atoms with van der Waals surface area (Å²) in [5.74, 6) is 0. The highest BCUT2D eigenvalue weighted by Crippen LogP contribution is 2.15. The van der Waals surface area contributed by atoms with Gasteiger partial charge >= 0.3 is 0 Å². The molecule has 0 spiro atoms. The molecule has 1 aromatic carbocycles. The fourth-order valence-electron chi connectivity index (χ4n) is 1.86. The monoisotopic (exact) mass is 278 g/mol. The summed E-state index contributed by atoms with van der Waals surface area (Å²) in [6.45, 7) is 3.23. The van der Waals surface area contributed by atoms with E-state index >= 15 is 0 Å². The van der Waals surface area contributed by atoms with Gasteiger partial charge in [-0.25, -0.2) is 0 Å². The van der Waals surface area contributed by atoms with Crippen LogP contribution in [-0.2, 0) is 9.47 Å². The van der Waals surface area contributed by atoms with Crippen LogP contribution in [0.2, 0.25) is 0 Å². The highest BCUT2D eigenvalue weighted by Gasteiger charge is 2.13. The Hall–Kier alpha value is -1.45. The van der Waals surface area contributed by atoms with E-state index in [1.807, 2.05) is 0 Å². The number of benzene rings is 1. The molecule has 5 nitrogen and oxygen atoms in total. The third kappa shape index (κ3) is 5.68. The van der Waals surface area contributed by atoms with Gasteiger partial charge in [0.05, 0.1) is 31.0 Å². The normalized spacial score (nSPS) is 12.3. The average molecular weight is 278 g/mol. The van der Waals surface area contributed by atoms with Crippen LogP contribution >= 0.6 is 0 Å². The summed E-state index contributed by atoms with van der Waals surface area (Å²) in [6.07, 6.45) is -0.587. The summed E-state index contributed by atoms with van der Waals surface area (Å²) in [7, 11) is 3.32. The predicted octanol–water partition coefficient (Wildman–Crippen LogP) is 1.19. The molecule has 0 fully saturated rings. The number of hydrogen-bond acceptors (Lipinski definition) is 5. The third-order valence-electron chi connectivity index (χ3n) is 3.08. The van der Waals surface area contributed by atoms with E-state index in [1.165, 1.54) is 0 Å². The highest BCUT2D eigenvalue weighted by atomic mass is 16.5. The number of aliphatic hydroxyl groups excluding tert-OH is 1. The third-order valence-corrected chi connectivity index (χ3v) is 3.08. The van der Waals surface area contributed by atoms with Gasteiger partial charge in [-0.15, -0.1) is 0 Å². The van der Waals surface area contributed by atoms with Crippen molar-refractivity contribution in [1.82, 2.24) is 4.90 Å². The second-order valence-electron chi connectivity index (χ2n) is 4.54. The van der Waals surface area contributed by atoms with Crippen LogP contribution in [-0.4, -0.2) is 57.1 Å². The average Bonchev–Trinajstić information content (AvgIpc) is 2.49. The summed E-state index contributed by atoms with van der Waals surface area (Å²) >= 11 is 0. The zero-order chi connectivity index (χ0) is 14.8. The molecule has 1 aromatic rings. The molecule has 0 radical (unpaired) electrons. The number of ether oxygens (including phenoxy) is 2. The van der Waals surface area contributed by atoms with E-state index < -0.39 is 6.10 Å². The minimum atomic E-state index is -0.587. The van der Waals surface area contributed by atoms with Gasteiger partial charge in [-0.2, -0.15) is 5.26 Å². The Labute approximate surface area is 120 Å². The molecule has 20 heavy (non-hydrogen) atoms. The van der Waals surface area contributed by atoms with Crippen LogP contribution in [0.5, 0.6) is 0 Å². The lowest BCUT2D eigenvalue weighted by Crippen LogP contribution is -2.34. The lowest BCUT2D eigenvalue weighted by Gasteiger charge is -2.24. The van der Waals surface area contributed by atoms with E-state index in [2.05, 4.69) is 11.0 Å². The van der Waals surface area contributed by atoms with E-state index in [0.29, 0.717) is 25.3 Å². The largest absolute Gasteiger partial charge is 0.387 e. The molecule has 0 aliphatic rings. The van der Waals surface area contributed by atoms with Crippen molar-refractivity contribution in [2.24, 2.45) is 0 Å². The van der Waals surface area contributed by atoms with Crippen LogP contribution < -0.4 is 0 Å². The molecule has 0 amide bonds. The van der Waals surface area contributed by atoms with Gasteiger partial charge in [-0.05, 0) is 17.7 Å². The van der Waals surface area contributed by atoms with Crippen LogP contribution in [0, 0.1) is 11.3 Å². The van der Waals surface area contributed by atoms with Crippen molar-refractivity contribution in [1.29, 1.82) is 5.26 Å². The lowest BCUT2D eigenvalue weighted by molar-refractivity contribution is 0.0697. The predicted molar refractivity (Wildman–Crippen MR) is 76.3 cm³/mol. The summed E-state index contributed by atoms with van der Waals surface area (Å²) < 4.78 is 10.1. The van der Waals surface area contributed by atoms with Gasteiger partial charge in [0.25, 0.3) is 0 Å². The van der Waals surface area contributed by atoms with Crippen LogP contribution in [0.3, 0.4) is 0 Å². The first-order valence-corrected chi connectivity index (χ1v) is 6.59. The molecule has 1 atom stereocenters. The number of nitrogens with zero attached hydrogens (tertiary/aromatic N) is 2. The van der Waals surface area contributed by atoms with Gasteiger partial charge in [0, 0.05) is 33.9 Å². The molecule has 0 heterocycles. The Kier molecular flexibility index (Phi) is 7.85. The maximum absolute atomic E-state index is 10.2. The van der Waals surface area contributed by atoms with E-state index in [9.17, 15) is 5.11 Å². The zero-order valence-electron chi connectivity index (χ0n) is 12.1. The Balaban J connectivity index is 2.58. The number of nitriles is 1. The minimum Gasteiger partial charge on any atom is -0.387 e. The van der Waals surface area contributed by atoms with Crippen LogP contribution in [0.4, 0.5) is 0 Å². The first-order chi connectivity index (χ1) is 9.71. The maximum Gasteiger partial charge on any atom is 0.0991 e. The molecule has 110 valence electrons. The van der Waals surface area contributed by atoms with Crippen molar-refractivity contribution in [3.05, 3.63) is 35.4 Å². The first kappa shape index (κ1) is 16.6. The Bertz CT molecular complexity index is 406. The Morgan fingerprint density at radius 2 is 1.70 bits per heavy atom. The van der Waals surface area contributed by atoms with Crippen molar-refractivity contribution in [2.45, 2.75) is 6.10 Å². The second kappa shape index (κ2) is 9.45. The van der Waals surface area contributed by atoms with Crippen molar-refractivity contribution >= 4 is 0 Å². The SMILES string of the molecule is COCCN(CCOC)CC(O)c1ccc(C#N)cc1. The van der Waals surface area contributed by atoms with Crippen LogP contribution in [0.25, 0.3) is 0 Å². The topological polar surface area (TPSA) is 65.7 Å². The minimum absolute atomic E-state index is 0.513. The molecule has 0 aromatic heterocycles. The highest BCUT2D eigenvalue weighted by molar-refractivity contribution is 5.32. The maximum atomic E-state index is 10.2. The number of methoxy groups -OCH3 is 2. The fraction of sp³-hybridized carbons (Fsp3) is 0.533. The molecule has 1 N–H and O–H groups in total. The second-order valence-corrected chi connectivity index (χ2v) is 4.54. The van der Waals surface area contributed by atoms with Gasteiger partial charge in [0.2, 0.25) is 0 Å². The standard InChI is InChI=1S/C15H22N2O3/c1-19-9-7-17(8-10-20-2)12-15(18)14-5-3-13(11-16)4-6-14/h3-6,15,18H,7-10,12H2,1-2H3. The smallest absolute Gasteiger partial charge is 0.0991 e. The van der Waals surface area contributed by atoms with E-state index in [4.69, 9.17) is 14.7 Å². The Morgan fingerprint density at radius 1 is 1.15 bits per heavy atom. The van der Waals surface area contributed by atoms with Crippen molar-refractivity contribution < 1.29 is 14.6 Å². The van der Waals surface area contributed by atoms with Crippen molar-refractivity contribution in [3.8, 4) is 6.07 Å². The van der Waals surface area contributed by atoms with Crippen LogP contribution in [0.1, 0.15) is 17.2 Å². The summed E-state index contributed by atoms with van der Waals surface area (Å²) in [5, 5.41) is 19.0. The van der Waals surface area contributed by atoms with E-state index in [0.717, 1.165) is 18.7 Å². The first-order valence-electron chi connectivity index (χ1n) is 6.59. The van der Waals surface area contributed by atoms with Crippen LogP contribution in [0.15, 0.2) is 24.3 Å². The summed E-state index contributed by atoms with van der Waals surface area (Å²) in [4.78, 5) is 2.09. The fourth-order valence-corrected chi connectivity index (χ4v) is 1.86. The van der Waals surface area contributed by atoms with Gasteiger partial charge in [0.1, 0.15) is 0 Å². The number of aliphatic hydroxyl groups is 1. The lowest BCUT2D eigenvalue weighted by atomic mass is 10.1. The molecule has 0 aliphatic carbocycles. The zero-order valence-corrected chi connectivity index (χ0v) is 12.1. The number of rotatable bonds is 9. The quantitative estimate of drug-likeness (QED) is 0.735. The van der Waals surface area contributed by atoms with Crippen molar-refractivity contribution in [3.63, 3.8) is 0 Å². The van der Waals surface area contributed by atoms with Gasteiger partial charge in [0.15, 0.2) is 0 Å². The summed E-state index contributed by atoms with van der Waals surface area (Å²) in [6, 6.07) is 9.07. The van der Waals surface area contributed by atoms with Gasteiger partial charge in [-0.1, -0.05) is 12.1 Å². The number of hydrogen-bond donors (Lipinski definition) is 1. The Morgan fingerprint density at radius 3 is 2.15 bits per heavy atom. The van der Waals surface area contributed by atoms with Gasteiger partial charge in [-0.3, -0.25) is 4.90 Å². The molecule has 0 aliphatic heterocycles. The molecule has 1 rings (SSSR count). The molecule has 0 saturated heterocycles. The van der Waals surface area contributed by atoms with Crippen molar-refractivity contribution in [2.75, 3.05) is 47.1 Å². The van der Waals surface area contributed by atoms with Gasteiger partial charge < -0.3 is 14.6 Å². The summed E-state index contributed by atoms with van der Waals surface area (Å²) in [5.41, 5.74) is 1.40. The molecule has 1 unspecified atom stereocenters. The molecular weight excluding hydrogens is 256 g/mol. The van der Waals surface area contributed by atoms with E-state index in [-0.39, 0.29) is 0 Å². The molecule has 0 saturated carbocycles. The molecule has 0 bridgehead atoms. The molecular formula is C15H22N2O3. The molecule has 5 heteroatoms. The van der Waals surface area contributed by atoms with E-state index in [1.54, 1.807) is 38.5 Å².